The molecular weight excluding hydrogens is 677 g/mol. The van der Waals surface area contributed by atoms with E-state index in [1.165, 1.54) is 55.3 Å². The van der Waals surface area contributed by atoms with Crippen molar-refractivity contribution in [1.82, 2.24) is 4.57 Å². The third-order valence-electron chi connectivity index (χ3n) is 10.8. The Morgan fingerprint density at radius 3 is 1.54 bits per heavy atom. The first-order valence-corrected chi connectivity index (χ1v) is 19.2. The van der Waals surface area contributed by atoms with E-state index in [4.69, 9.17) is 0 Å². The standard InChI is InChI=1S/C54H38N2/c1-5-20-39(21-6-1)42-36-37-51(48(38-42)41-24-9-3-10-25-41)56-50-33-18-16-31-47(50)54-52(34-19-35-53(54)56)55(43-26-11-4-12-27-43)49-32-17-15-30-46(49)45-29-14-13-28-44(45)40-22-7-2-8-23-40/h1-38H. The maximum atomic E-state index is 2.46. The molecule has 9 aromatic carbocycles. The zero-order valence-corrected chi connectivity index (χ0v) is 30.8. The number of anilines is 3. The normalized spacial score (nSPS) is 11.2. The second-order valence-electron chi connectivity index (χ2n) is 14.1. The first-order valence-electron chi connectivity index (χ1n) is 19.2. The van der Waals surface area contributed by atoms with Crippen LogP contribution in [-0.2, 0) is 0 Å². The molecule has 0 bridgehead atoms. The van der Waals surface area contributed by atoms with Crippen LogP contribution in [0, 0.1) is 0 Å². The molecule has 0 atom stereocenters. The van der Waals surface area contributed by atoms with Crippen LogP contribution in [0.2, 0.25) is 0 Å². The molecule has 10 rings (SSSR count). The van der Waals surface area contributed by atoms with E-state index in [-0.39, 0.29) is 0 Å². The van der Waals surface area contributed by atoms with Crippen molar-refractivity contribution in [2.45, 2.75) is 0 Å². The SMILES string of the molecule is c1ccc(-c2ccc(-n3c4ccccc4c4c(N(c5ccccc5)c5ccccc5-c5ccccc5-c5ccccc5)cccc43)c(-c3ccccc3)c2)cc1. The van der Waals surface area contributed by atoms with Gasteiger partial charge in [0.1, 0.15) is 0 Å². The summed E-state index contributed by atoms with van der Waals surface area (Å²) in [6.45, 7) is 0. The fourth-order valence-electron chi connectivity index (χ4n) is 8.31. The van der Waals surface area contributed by atoms with Gasteiger partial charge in [-0.25, -0.2) is 0 Å². The first-order chi connectivity index (χ1) is 27.8. The molecule has 56 heavy (non-hydrogen) atoms. The number of benzene rings is 9. The molecule has 0 saturated heterocycles. The summed E-state index contributed by atoms with van der Waals surface area (Å²) in [5.41, 5.74) is 16.3. The number of para-hydroxylation sites is 3. The number of nitrogens with zero attached hydrogens (tertiary/aromatic N) is 2. The molecule has 264 valence electrons. The predicted octanol–water partition coefficient (Wildman–Crippen LogP) is 14.9. The van der Waals surface area contributed by atoms with Crippen molar-refractivity contribution < 1.29 is 0 Å². The molecule has 2 nitrogen and oxygen atoms in total. The lowest BCUT2D eigenvalue weighted by molar-refractivity contribution is 1.18. The van der Waals surface area contributed by atoms with Gasteiger partial charge >= 0.3 is 0 Å². The maximum absolute atomic E-state index is 2.46. The Bertz CT molecular complexity index is 2950. The largest absolute Gasteiger partial charge is 0.309 e. The average Bonchev–Trinajstić information content (AvgIpc) is 3.62. The highest BCUT2D eigenvalue weighted by atomic mass is 15.2. The molecule has 0 radical (unpaired) electrons. The minimum atomic E-state index is 1.10. The highest BCUT2D eigenvalue weighted by Gasteiger charge is 2.24. The second kappa shape index (κ2) is 14.4. The Labute approximate surface area is 327 Å². The van der Waals surface area contributed by atoms with Crippen molar-refractivity contribution >= 4 is 38.9 Å². The summed E-state index contributed by atoms with van der Waals surface area (Å²) in [5.74, 6) is 0. The smallest absolute Gasteiger partial charge is 0.0562 e. The minimum Gasteiger partial charge on any atom is -0.309 e. The van der Waals surface area contributed by atoms with E-state index in [0.29, 0.717) is 0 Å². The van der Waals surface area contributed by atoms with E-state index in [1.807, 2.05) is 0 Å². The van der Waals surface area contributed by atoms with E-state index in [0.717, 1.165) is 33.8 Å². The lowest BCUT2D eigenvalue weighted by Gasteiger charge is -2.29. The lowest BCUT2D eigenvalue weighted by Crippen LogP contribution is -2.11. The molecule has 1 heterocycles. The summed E-state index contributed by atoms with van der Waals surface area (Å²) in [6.07, 6.45) is 0. The van der Waals surface area contributed by atoms with Crippen LogP contribution in [0.15, 0.2) is 231 Å². The van der Waals surface area contributed by atoms with Crippen LogP contribution in [0.3, 0.4) is 0 Å². The second-order valence-corrected chi connectivity index (χ2v) is 14.1. The Morgan fingerprint density at radius 1 is 0.304 bits per heavy atom. The van der Waals surface area contributed by atoms with E-state index >= 15 is 0 Å². The van der Waals surface area contributed by atoms with Gasteiger partial charge in [-0.2, -0.15) is 0 Å². The summed E-state index contributed by atoms with van der Waals surface area (Å²) in [5, 5.41) is 2.40. The molecule has 0 aliphatic heterocycles. The Balaban J connectivity index is 1.25. The minimum absolute atomic E-state index is 1.10. The van der Waals surface area contributed by atoms with Gasteiger partial charge in [-0.15, -0.1) is 0 Å². The van der Waals surface area contributed by atoms with Gasteiger partial charge in [-0.3, -0.25) is 0 Å². The topological polar surface area (TPSA) is 8.17 Å². The van der Waals surface area contributed by atoms with Crippen molar-refractivity contribution in [1.29, 1.82) is 0 Å². The van der Waals surface area contributed by atoms with Crippen LogP contribution in [-0.4, -0.2) is 4.57 Å². The van der Waals surface area contributed by atoms with Gasteiger partial charge in [0, 0.05) is 27.6 Å². The lowest BCUT2D eigenvalue weighted by atomic mass is 9.93. The van der Waals surface area contributed by atoms with Crippen LogP contribution >= 0.6 is 0 Å². The van der Waals surface area contributed by atoms with Gasteiger partial charge in [0.25, 0.3) is 0 Å². The van der Waals surface area contributed by atoms with E-state index in [1.54, 1.807) is 0 Å². The summed E-state index contributed by atoms with van der Waals surface area (Å²) in [7, 11) is 0. The van der Waals surface area contributed by atoms with Crippen LogP contribution in [0.25, 0.3) is 72.0 Å². The number of rotatable bonds is 8. The van der Waals surface area contributed by atoms with Crippen molar-refractivity contribution in [3.8, 4) is 50.2 Å². The van der Waals surface area contributed by atoms with Crippen LogP contribution in [0.1, 0.15) is 0 Å². The molecule has 10 aromatic rings. The third-order valence-corrected chi connectivity index (χ3v) is 10.8. The molecule has 0 fully saturated rings. The van der Waals surface area contributed by atoms with E-state index < -0.39 is 0 Å². The number of fused-ring (bicyclic) bond motifs is 3. The monoisotopic (exact) mass is 714 g/mol. The predicted molar refractivity (Wildman–Crippen MR) is 237 cm³/mol. The van der Waals surface area contributed by atoms with E-state index in [9.17, 15) is 0 Å². The molecular formula is C54H38N2. The van der Waals surface area contributed by atoms with Crippen molar-refractivity contribution in [3.05, 3.63) is 231 Å². The quantitative estimate of drug-likeness (QED) is 0.152. The van der Waals surface area contributed by atoms with Gasteiger partial charge in [0.15, 0.2) is 0 Å². The third kappa shape index (κ3) is 5.85. The molecule has 1 aromatic heterocycles. The highest BCUT2D eigenvalue weighted by molar-refractivity contribution is 6.17. The molecule has 0 aliphatic carbocycles. The van der Waals surface area contributed by atoms with Crippen LogP contribution < -0.4 is 4.90 Å². The van der Waals surface area contributed by atoms with E-state index in [2.05, 4.69) is 240 Å². The molecule has 0 amide bonds. The zero-order valence-electron chi connectivity index (χ0n) is 30.8. The van der Waals surface area contributed by atoms with Crippen LogP contribution in [0.4, 0.5) is 17.1 Å². The highest BCUT2D eigenvalue weighted by Crippen LogP contribution is 2.48. The molecule has 2 heteroatoms. The summed E-state index contributed by atoms with van der Waals surface area (Å²) in [4.78, 5) is 2.45. The maximum Gasteiger partial charge on any atom is 0.0562 e. The number of aromatic nitrogens is 1. The molecule has 0 N–H and O–H groups in total. The van der Waals surface area contributed by atoms with Gasteiger partial charge in [0.05, 0.1) is 28.1 Å². The van der Waals surface area contributed by atoms with Gasteiger partial charge in [-0.05, 0) is 81.9 Å². The molecule has 0 unspecified atom stereocenters. The van der Waals surface area contributed by atoms with Gasteiger partial charge < -0.3 is 9.47 Å². The molecule has 0 aliphatic rings. The molecule has 0 spiro atoms. The number of hydrogen-bond acceptors (Lipinski definition) is 1. The van der Waals surface area contributed by atoms with Crippen molar-refractivity contribution in [3.63, 3.8) is 0 Å². The van der Waals surface area contributed by atoms with Crippen molar-refractivity contribution in [2.24, 2.45) is 0 Å². The van der Waals surface area contributed by atoms with Gasteiger partial charge in [-0.1, -0.05) is 182 Å². The first kappa shape index (κ1) is 33.2. The van der Waals surface area contributed by atoms with Crippen LogP contribution in [0.5, 0.6) is 0 Å². The van der Waals surface area contributed by atoms with Crippen molar-refractivity contribution in [2.75, 3.05) is 4.90 Å². The zero-order chi connectivity index (χ0) is 37.3. The summed E-state index contributed by atoms with van der Waals surface area (Å²) in [6, 6.07) is 83.1. The Hall–Kier alpha value is -7.42. The Morgan fingerprint density at radius 2 is 0.821 bits per heavy atom. The number of hydrogen-bond donors (Lipinski definition) is 0. The van der Waals surface area contributed by atoms with Gasteiger partial charge in [0.2, 0.25) is 0 Å². The summed E-state index contributed by atoms with van der Waals surface area (Å²) < 4.78 is 2.46. The fraction of sp³-hybridized carbons (Fsp3) is 0. The fourth-order valence-corrected chi connectivity index (χ4v) is 8.31. The summed E-state index contributed by atoms with van der Waals surface area (Å²) >= 11 is 0. The Kier molecular flexibility index (Phi) is 8.55. The average molecular weight is 715 g/mol. The molecule has 0 saturated carbocycles.